The normalized spacial score (nSPS) is 10.9. The summed E-state index contributed by atoms with van der Waals surface area (Å²) in [6, 6.07) is 17.7. The van der Waals surface area contributed by atoms with Gasteiger partial charge in [0.05, 0.1) is 16.1 Å². The van der Waals surface area contributed by atoms with Crippen molar-refractivity contribution in [3.05, 3.63) is 71.1 Å². The minimum atomic E-state index is -0.0874. The summed E-state index contributed by atoms with van der Waals surface area (Å²) in [5, 5.41) is 8.06. The van der Waals surface area contributed by atoms with Gasteiger partial charge < -0.3 is 5.32 Å². The largest absolute Gasteiger partial charge is 0.321 e. The Hall–Kier alpha value is -2.72. The van der Waals surface area contributed by atoms with E-state index in [1.54, 1.807) is 6.20 Å². The van der Waals surface area contributed by atoms with Gasteiger partial charge in [0.1, 0.15) is 0 Å². The Balaban J connectivity index is 1.85. The van der Waals surface area contributed by atoms with Crippen LogP contribution in [0, 0.1) is 0 Å². The van der Waals surface area contributed by atoms with Gasteiger partial charge in [-0.05, 0) is 22.9 Å². The van der Waals surface area contributed by atoms with Gasteiger partial charge in [-0.3, -0.25) is 9.78 Å². The van der Waals surface area contributed by atoms with E-state index in [0.29, 0.717) is 4.88 Å². The maximum absolute atomic E-state index is 12.3. The molecule has 0 unspecified atom stereocenters. The van der Waals surface area contributed by atoms with Gasteiger partial charge in [0.2, 0.25) is 0 Å². The van der Waals surface area contributed by atoms with Gasteiger partial charge in [0.25, 0.3) is 5.91 Å². The Morgan fingerprint density at radius 1 is 0.955 bits per heavy atom. The van der Waals surface area contributed by atoms with E-state index in [2.05, 4.69) is 28.5 Å². The standard InChI is InChI=1S/C18H12N2OS/c21-18(16-6-3-11-22-16)20-15-9-10-19-17-13-5-2-1-4-12(13)7-8-14(15)17/h1-11H,(H,19,20,21). The molecule has 0 aliphatic rings. The highest BCUT2D eigenvalue weighted by Gasteiger charge is 2.10. The van der Waals surface area contributed by atoms with Crippen LogP contribution in [-0.4, -0.2) is 10.9 Å². The summed E-state index contributed by atoms with van der Waals surface area (Å²) in [5.41, 5.74) is 1.69. The van der Waals surface area contributed by atoms with Crippen LogP contribution in [0.1, 0.15) is 9.67 Å². The third-order valence-corrected chi connectivity index (χ3v) is 4.50. The highest BCUT2D eigenvalue weighted by molar-refractivity contribution is 7.12. The number of aromatic nitrogens is 1. The number of thiophene rings is 1. The predicted octanol–water partition coefficient (Wildman–Crippen LogP) is 4.70. The zero-order chi connectivity index (χ0) is 14.9. The molecule has 2 aromatic carbocycles. The smallest absolute Gasteiger partial charge is 0.265 e. The van der Waals surface area contributed by atoms with Crippen LogP contribution in [-0.2, 0) is 0 Å². The van der Waals surface area contributed by atoms with Crippen LogP contribution in [0.15, 0.2) is 66.2 Å². The summed E-state index contributed by atoms with van der Waals surface area (Å²) in [6.07, 6.45) is 1.73. The van der Waals surface area contributed by atoms with Crippen LogP contribution in [0.5, 0.6) is 0 Å². The third-order valence-electron chi connectivity index (χ3n) is 3.63. The lowest BCUT2D eigenvalue weighted by Crippen LogP contribution is -2.10. The van der Waals surface area contributed by atoms with Crippen molar-refractivity contribution in [1.82, 2.24) is 4.98 Å². The van der Waals surface area contributed by atoms with E-state index in [-0.39, 0.29) is 5.91 Å². The molecule has 2 aromatic heterocycles. The molecule has 1 N–H and O–H groups in total. The maximum Gasteiger partial charge on any atom is 0.265 e. The molecular formula is C18H12N2OS. The second-order valence-corrected chi connectivity index (χ2v) is 5.92. The topological polar surface area (TPSA) is 42.0 Å². The summed E-state index contributed by atoms with van der Waals surface area (Å²) in [4.78, 5) is 17.5. The van der Waals surface area contributed by atoms with Gasteiger partial charge in [-0.1, -0.05) is 42.5 Å². The van der Waals surface area contributed by atoms with Crippen molar-refractivity contribution in [2.45, 2.75) is 0 Å². The molecule has 0 fully saturated rings. The van der Waals surface area contributed by atoms with Crippen LogP contribution in [0.2, 0.25) is 0 Å². The first-order valence-corrected chi connectivity index (χ1v) is 7.82. The summed E-state index contributed by atoms with van der Waals surface area (Å²) in [6.45, 7) is 0. The van der Waals surface area contributed by atoms with E-state index < -0.39 is 0 Å². The first-order chi connectivity index (χ1) is 10.8. The van der Waals surface area contributed by atoms with Gasteiger partial charge in [-0.2, -0.15) is 0 Å². The lowest BCUT2D eigenvalue weighted by Gasteiger charge is -2.09. The predicted molar refractivity (Wildman–Crippen MR) is 91.5 cm³/mol. The molecule has 0 atom stereocenters. The molecule has 4 heteroatoms. The molecule has 2 heterocycles. The molecule has 4 aromatic rings. The Bertz CT molecular complexity index is 977. The molecule has 0 saturated heterocycles. The third kappa shape index (κ3) is 2.14. The van der Waals surface area contributed by atoms with Crippen LogP contribution in [0.3, 0.4) is 0 Å². The fourth-order valence-corrected chi connectivity index (χ4v) is 3.21. The second-order valence-electron chi connectivity index (χ2n) is 4.97. The Morgan fingerprint density at radius 3 is 2.73 bits per heavy atom. The Labute approximate surface area is 131 Å². The number of anilines is 1. The highest BCUT2D eigenvalue weighted by Crippen LogP contribution is 2.28. The maximum atomic E-state index is 12.3. The Kier molecular flexibility index (Phi) is 3.09. The second kappa shape index (κ2) is 5.24. The van der Waals surface area contributed by atoms with Gasteiger partial charge >= 0.3 is 0 Å². The van der Waals surface area contributed by atoms with E-state index in [1.807, 2.05) is 41.8 Å². The molecule has 0 saturated carbocycles. The quantitative estimate of drug-likeness (QED) is 0.545. The molecule has 22 heavy (non-hydrogen) atoms. The lowest BCUT2D eigenvalue weighted by atomic mass is 10.1. The number of pyridine rings is 1. The molecule has 0 aliphatic heterocycles. The number of carbonyl (C=O) groups is 1. The molecule has 4 rings (SSSR count). The molecule has 0 radical (unpaired) electrons. The van der Waals surface area contributed by atoms with Gasteiger partial charge in [-0.25, -0.2) is 0 Å². The zero-order valence-corrected chi connectivity index (χ0v) is 12.4. The minimum Gasteiger partial charge on any atom is -0.321 e. The summed E-state index contributed by atoms with van der Waals surface area (Å²) < 4.78 is 0. The minimum absolute atomic E-state index is 0.0874. The van der Waals surface area contributed by atoms with E-state index in [4.69, 9.17) is 0 Å². The highest BCUT2D eigenvalue weighted by atomic mass is 32.1. The van der Waals surface area contributed by atoms with Crippen LogP contribution in [0.4, 0.5) is 5.69 Å². The monoisotopic (exact) mass is 304 g/mol. The average molecular weight is 304 g/mol. The average Bonchev–Trinajstić information content (AvgIpc) is 3.09. The Morgan fingerprint density at radius 2 is 1.86 bits per heavy atom. The van der Waals surface area contributed by atoms with Gasteiger partial charge in [0, 0.05) is 17.0 Å². The first-order valence-electron chi connectivity index (χ1n) is 6.94. The van der Waals surface area contributed by atoms with E-state index >= 15 is 0 Å². The fraction of sp³-hybridized carbons (Fsp3) is 0. The fourth-order valence-electron chi connectivity index (χ4n) is 2.59. The molecule has 106 valence electrons. The van der Waals surface area contributed by atoms with Gasteiger partial charge in [-0.15, -0.1) is 11.3 Å². The van der Waals surface area contributed by atoms with E-state index in [1.165, 1.54) is 11.3 Å². The molecule has 0 spiro atoms. The number of hydrogen-bond acceptors (Lipinski definition) is 3. The number of nitrogens with one attached hydrogen (secondary N) is 1. The van der Waals surface area contributed by atoms with Crippen molar-refractivity contribution in [2.24, 2.45) is 0 Å². The van der Waals surface area contributed by atoms with Crippen molar-refractivity contribution >= 4 is 44.6 Å². The molecule has 1 amide bonds. The van der Waals surface area contributed by atoms with Crippen molar-refractivity contribution < 1.29 is 4.79 Å². The van der Waals surface area contributed by atoms with Crippen molar-refractivity contribution in [3.8, 4) is 0 Å². The van der Waals surface area contributed by atoms with Crippen molar-refractivity contribution in [3.63, 3.8) is 0 Å². The van der Waals surface area contributed by atoms with Crippen LogP contribution >= 0.6 is 11.3 Å². The number of hydrogen-bond donors (Lipinski definition) is 1. The number of nitrogens with zero attached hydrogens (tertiary/aromatic N) is 1. The molecular weight excluding hydrogens is 292 g/mol. The summed E-state index contributed by atoms with van der Waals surface area (Å²) in [7, 11) is 0. The van der Waals surface area contributed by atoms with E-state index in [0.717, 1.165) is 27.4 Å². The zero-order valence-electron chi connectivity index (χ0n) is 11.6. The van der Waals surface area contributed by atoms with E-state index in [9.17, 15) is 4.79 Å². The molecule has 0 bridgehead atoms. The van der Waals surface area contributed by atoms with Gasteiger partial charge in [0.15, 0.2) is 0 Å². The number of rotatable bonds is 2. The van der Waals surface area contributed by atoms with Crippen molar-refractivity contribution in [2.75, 3.05) is 5.32 Å². The number of benzene rings is 2. The number of carbonyl (C=O) groups excluding carboxylic acids is 1. The van der Waals surface area contributed by atoms with Crippen LogP contribution < -0.4 is 5.32 Å². The number of amides is 1. The molecule has 3 nitrogen and oxygen atoms in total. The van der Waals surface area contributed by atoms with Crippen molar-refractivity contribution in [1.29, 1.82) is 0 Å². The first kappa shape index (κ1) is 13.0. The summed E-state index contributed by atoms with van der Waals surface area (Å²) >= 11 is 1.43. The molecule has 0 aliphatic carbocycles. The number of fused-ring (bicyclic) bond motifs is 3. The lowest BCUT2D eigenvalue weighted by molar-refractivity contribution is 0.103. The summed E-state index contributed by atoms with van der Waals surface area (Å²) in [5.74, 6) is -0.0874. The SMILES string of the molecule is O=C(Nc1ccnc2c1ccc1ccccc12)c1cccs1. The van der Waals surface area contributed by atoms with Crippen LogP contribution in [0.25, 0.3) is 21.7 Å².